The summed E-state index contributed by atoms with van der Waals surface area (Å²) < 4.78 is 3.96. The van der Waals surface area contributed by atoms with Crippen molar-refractivity contribution < 1.29 is 19.4 Å². The minimum absolute atomic E-state index is 0.179. The van der Waals surface area contributed by atoms with Crippen molar-refractivity contribution in [1.82, 2.24) is 0 Å². The van der Waals surface area contributed by atoms with Gasteiger partial charge in [0.05, 0.1) is 5.92 Å². The summed E-state index contributed by atoms with van der Waals surface area (Å²) in [6.45, 7) is 0.179. The van der Waals surface area contributed by atoms with E-state index in [1.807, 2.05) is 30.3 Å². The van der Waals surface area contributed by atoms with Crippen LogP contribution in [-0.2, 0) is 20.9 Å². The minimum atomic E-state index is -1.11. The molecule has 1 aromatic carbocycles. The summed E-state index contributed by atoms with van der Waals surface area (Å²) in [7, 11) is 0. The third-order valence-electron chi connectivity index (χ3n) is 2.76. The van der Waals surface area contributed by atoms with Gasteiger partial charge < -0.3 is 9.84 Å². The third-order valence-corrected chi connectivity index (χ3v) is 3.97. The fourth-order valence-electron chi connectivity index (χ4n) is 1.57. The van der Waals surface area contributed by atoms with Gasteiger partial charge in [-0.3, -0.25) is 9.59 Å². The molecule has 0 aromatic heterocycles. The van der Waals surface area contributed by atoms with E-state index in [4.69, 9.17) is 9.84 Å². The molecule has 1 aliphatic rings. The topological polar surface area (TPSA) is 63.6 Å². The van der Waals surface area contributed by atoms with Crippen LogP contribution in [0.3, 0.4) is 0 Å². The highest BCUT2D eigenvalue weighted by molar-refractivity contribution is 9.10. The highest BCUT2D eigenvalue weighted by Gasteiger charge is 2.63. The van der Waals surface area contributed by atoms with Gasteiger partial charge in [0.15, 0.2) is 0 Å². The van der Waals surface area contributed by atoms with Crippen LogP contribution in [0.2, 0.25) is 0 Å². The first kappa shape index (κ1) is 12.1. The van der Waals surface area contributed by atoms with Gasteiger partial charge in [-0.25, -0.2) is 0 Å². The predicted octanol–water partition coefficient (Wildman–Crippen LogP) is 1.97. The summed E-state index contributed by atoms with van der Waals surface area (Å²) in [5, 5.41) is 8.86. The van der Waals surface area contributed by atoms with Crippen LogP contribution in [0.25, 0.3) is 0 Å². The predicted molar refractivity (Wildman–Crippen MR) is 63.6 cm³/mol. The Morgan fingerprint density at radius 2 is 2.06 bits per heavy atom. The van der Waals surface area contributed by atoms with E-state index in [-0.39, 0.29) is 13.0 Å². The zero-order valence-electron chi connectivity index (χ0n) is 8.93. The quantitative estimate of drug-likeness (QED) is 0.682. The maximum atomic E-state index is 11.6. The Morgan fingerprint density at radius 3 is 2.59 bits per heavy atom. The molecule has 0 spiro atoms. The molecule has 0 aliphatic heterocycles. The number of ether oxygens (including phenoxy) is 1. The average molecular weight is 299 g/mol. The van der Waals surface area contributed by atoms with Gasteiger partial charge in [-0.15, -0.1) is 0 Å². The van der Waals surface area contributed by atoms with Gasteiger partial charge in [-0.2, -0.15) is 0 Å². The summed E-state index contributed by atoms with van der Waals surface area (Å²) in [6.07, 6.45) is 0.288. The molecule has 1 aliphatic carbocycles. The Labute approximate surface area is 107 Å². The van der Waals surface area contributed by atoms with Crippen LogP contribution in [0, 0.1) is 5.92 Å². The molecule has 2 rings (SSSR count). The van der Waals surface area contributed by atoms with Crippen molar-refractivity contribution in [3.05, 3.63) is 35.9 Å². The fourth-order valence-corrected chi connectivity index (χ4v) is 2.08. The Hall–Kier alpha value is -1.36. The second kappa shape index (κ2) is 4.49. The van der Waals surface area contributed by atoms with E-state index in [2.05, 4.69) is 15.9 Å². The van der Waals surface area contributed by atoms with Crippen LogP contribution in [0.1, 0.15) is 12.0 Å². The molecule has 0 heterocycles. The maximum Gasteiger partial charge on any atom is 0.321 e. The van der Waals surface area contributed by atoms with Crippen LogP contribution in [-0.4, -0.2) is 21.4 Å². The number of aliphatic carboxylic acids is 1. The Kier molecular flexibility index (Phi) is 3.19. The van der Waals surface area contributed by atoms with E-state index in [9.17, 15) is 9.59 Å². The number of hydrogen-bond donors (Lipinski definition) is 1. The van der Waals surface area contributed by atoms with Gasteiger partial charge in [0, 0.05) is 0 Å². The van der Waals surface area contributed by atoms with E-state index in [1.165, 1.54) is 0 Å². The highest BCUT2D eigenvalue weighted by atomic mass is 79.9. The van der Waals surface area contributed by atoms with Crippen LogP contribution < -0.4 is 0 Å². The monoisotopic (exact) mass is 298 g/mol. The number of carboxylic acid groups (broad SMARTS) is 1. The molecule has 0 bridgehead atoms. The molecule has 0 saturated heterocycles. The molecule has 2 unspecified atom stereocenters. The van der Waals surface area contributed by atoms with Crippen LogP contribution in [0.4, 0.5) is 0 Å². The lowest BCUT2D eigenvalue weighted by Crippen LogP contribution is -2.21. The van der Waals surface area contributed by atoms with Crippen molar-refractivity contribution >= 4 is 27.9 Å². The molecule has 2 atom stereocenters. The van der Waals surface area contributed by atoms with Gasteiger partial charge in [0.1, 0.15) is 10.9 Å². The molecule has 90 valence electrons. The van der Waals surface area contributed by atoms with E-state index in [0.717, 1.165) is 5.56 Å². The van der Waals surface area contributed by atoms with E-state index in [1.54, 1.807) is 0 Å². The number of halogens is 1. The molecule has 5 heteroatoms. The summed E-state index contributed by atoms with van der Waals surface area (Å²) in [6, 6.07) is 9.27. The number of benzene rings is 1. The van der Waals surface area contributed by atoms with Crippen molar-refractivity contribution in [3.8, 4) is 0 Å². The molecule has 0 amide bonds. The Bertz CT molecular complexity index is 445. The smallest absolute Gasteiger partial charge is 0.321 e. The average Bonchev–Trinajstić information content (AvgIpc) is 3.02. The summed E-state index contributed by atoms with van der Waals surface area (Å²) in [5.74, 6) is -2.06. The molecule has 17 heavy (non-hydrogen) atoms. The van der Waals surface area contributed by atoms with Gasteiger partial charge >= 0.3 is 11.9 Å². The molecule has 1 aromatic rings. The maximum absolute atomic E-state index is 11.6. The lowest BCUT2D eigenvalue weighted by Gasteiger charge is -2.05. The molecular formula is C12H11BrO4. The molecule has 1 N–H and O–H groups in total. The standard InChI is InChI=1S/C12H11BrO4/c13-12(11(15)16)6-9(12)10(14)17-7-8-4-2-1-3-5-8/h1-5,9H,6-7H2,(H,15,16). The van der Waals surface area contributed by atoms with Crippen molar-refractivity contribution in [2.24, 2.45) is 5.92 Å². The number of carbonyl (C=O) groups is 2. The highest BCUT2D eigenvalue weighted by Crippen LogP contribution is 2.52. The Morgan fingerprint density at radius 1 is 1.41 bits per heavy atom. The number of hydrogen-bond acceptors (Lipinski definition) is 3. The van der Waals surface area contributed by atoms with Gasteiger partial charge in [0.25, 0.3) is 0 Å². The first-order valence-electron chi connectivity index (χ1n) is 5.17. The zero-order chi connectivity index (χ0) is 12.5. The van der Waals surface area contributed by atoms with Crippen LogP contribution in [0.15, 0.2) is 30.3 Å². The van der Waals surface area contributed by atoms with E-state index < -0.39 is 22.2 Å². The number of alkyl halides is 1. The van der Waals surface area contributed by atoms with Crippen LogP contribution in [0.5, 0.6) is 0 Å². The lowest BCUT2D eigenvalue weighted by molar-refractivity contribution is -0.149. The van der Waals surface area contributed by atoms with Crippen molar-refractivity contribution in [3.63, 3.8) is 0 Å². The molecular weight excluding hydrogens is 288 g/mol. The Balaban J connectivity index is 1.86. The number of esters is 1. The van der Waals surface area contributed by atoms with Crippen molar-refractivity contribution in [2.75, 3.05) is 0 Å². The third kappa shape index (κ3) is 2.49. The summed E-state index contributed by atoms with van der Waals surface area (Å²) >= 11 is 3.05. The molecule has 1 fully saturated rings. The second-order valence-electron chi connectivity index (χ2n) is 4.02. The van der Waals surface area contributed by atoms with E-state index in [0.29, 0.717) is 0 Å². The first-order valence-corrected chi connectivity index (χ1v) is 5.96. The van der Waals surface area contributed by atoms with Gasteiger partial charge in [-0.1, -0.05) is 46.3 Å². The first-order chi connectivity index (χ1) is 8.04. The van der Waals surface area contributed by atoms with Gasteiger partial charge in [-0.05, 0) is 12.0 Å². The lowest BCUT2D eigenvalue weighted by atomic mass is 10.2. The van der Waals surface area contributed by atoms with E-state index >= 15 is 0 Å². The fraction of sp³-hybridized carbons (Fsp3) is 0.333. The van der Waals surface area contributed by atoms with Crippen LogP contribution >= 0.6 is 15.9 Å². The zero-order valence-corrected chi connectivity index (χ0v) is 10.5. The van der Waals surface area contributed by atoms with Crippen molar-refractivity contribution in [2.45, 2.75) is 17.4 Å². The van der Waals surface area contributed by atoms with Gasteiger partial charge in [0.2, 0.25) is 0 Å². The summed E-state index contributed by atoms with van der Waals surface area (Å²) in [5.41, 5.74) is 0.886. The van der Waals surface area contributed by atoms with Crippen molar-refractivity contribution in [1.29, 1.82) is 0 Å². The largest absolute Gasteiger partial charge is 0.480 e. The molecule has 1 saturated carbocycles. The summed E-state index contributed by atoms with van der Waals surface area (Å²) in [4.78, 5) is 22.4. The normalized spacial score (nSPS) is 26.3. The molecule has 0 radical (unpaired) electrons. The number of rotatable bonds is 4. The molecule has 4 nitrogen and oxygen atoms in total. The second-order valence-corrected chi connectivity index (χ2v) is 5.43. The number of carbonyl (C=O) groups excluding carboxylic acids is 1. The minimum Gasteiger partial charge on any atom is -0.480 e. The number of carboxylic acids is 1. The SMILES string of the molecule is O=C(OCc1ccccc1)C1CC1(Br)C(=O)O.